The minimum absolute atomic E-state index is 0.799. The lowest BCUT2D eigenvalue weighted by molar-refractivity contribution is 0.663. The van der Waals surface area contributed by atoms with E-state index in [1.54, 1.807) is 0 Å². The molecule has 0 fully saturated rings. The Hall–Kier alpha value is -0.690. The van der Waals surface area contributed by atoms with Gasteiger partial charge in [0.1, 0.15) is 0 Å². The van der Waals surface area contributed by atoms with Crippen LogP contribution in [0.4, 0.5) is 5.69 Å². The molecule has 16 heavy (non-hydrogen) atoms. The van der Waals surface area contributed by atoms with E-state index >= 15 is 0 Å². The third-order valence-electron chi connectivity index (χ3n) is 2.82. The summed E-state index contributed by atoms with van der Waals surface area (Å²) in [5.41, 5.74) is 2.64. The van der Waals surface area contributed by atoms with Crippen LogP contribution in [0.2, 0.25) is 0 Å². The van der Waals surface area contributed by atoms with Crippen molar-refractivity contribution in [2.75, 3.05) is 24.4 Å². The van der Waals surface area contributed by atoms with E-state index in [2.05, 4.69) is 43.1 Å². The van der Waals surface area contributed by atoms with Gasteiger partial charge in [0.25, 0.3) is 0 Å². The second-order valence-electron chi connectivity index (χ2n) is 4.36. The first-order valence-electron chi connectivity index (χ1n) is 6.08. The molecule has 0 bridgehead atoms. The van der Waals surface area contributed by atoms with Crippen molar-refractivity contribution in [2.24, 2.45) is 0 Å². The van der Waals surface area contributed by atoms with Gasteiger partial charge in [-0.3, -0.25) is 0 Å². The third-order valence-corrected chi connectivity index (χ3v) is 3.09. The largest absolute Gasteiger partial charge is 0.375 e. The van der Waals surface area contributed by atoms with Crippen LogP contribution in [0.25, 0.3) is 0 Å². The van der Waals surface area contributed by atoms with Crippen LogP contribution in [-0.4, -0.2) is 19.5 Å². The summed E-state index contributed by atoms with van der Waals surface area (Å²) in [6, 6.07) is 8.66. The predicted molar refractivity (Wildman–Crippen MR) is 73.6 cm³/mol. The van der Waals surface area contributed by atoms with Gasteiger partial charge >= 0.3 is 0 Å². The van der Waals surface area contributed by atoms with E-state index in [-0.39, 0.29) is 0 Å². The Morgan fingerprint density at radius 2 is 1.88 bits per heavy atom. The molecule has 0 N–H and O–H groups in total. The molecule has 0 aliphatic heterocycles. The van der Waals surface area contributed by atoms with Gasteiger partial charge in [-0.2, -0.15) is 0 Å². The maximum absolute atomic E-state index is 5.65. The normalized spacial score (nSPS) is 10.4. The van der Waals surface area contributed by atoms with Crippen LogP contribution in [-0.2, 0) is 0 Å². The van der Waals surface area contributed by atoms with Crippen LogP contribution in [0.1, 0.15) is 31.2 Å². The first-order valence-corrected chi connectivity index (χ1v) is 6.61. The summed E-state index contributed by atoms with van der Waals surface area (Å²) >= 11 is 5.65. The molecule has 0 aliphatic rings. The van der Waals surface area contributed by atoms with Crippen molar-refractivity contribution < 1.29 is 0 Å². The Kier molecular flexibility index (Phi) is 6.32. The first kappa shape index (κ1) is 13.4. The van der Waals surface area contributed by atoms with E-state index in [0.29, 0.717) is 0 Å². The van der Waals surface area contributed by atoms with E-state index in [0.717, 1.165) is 18.8 Å². The minimum atomic E-state index is 0.799. The van der Waals surface area contributed by atoms with Crippen molar-refractivity contribution in [2.45, 2.75) is 32.6 Å². The fraction of sp³-hybridized carbons (Fsp3) is 0.571. The zero-order chi connectivity index (χ0) is 11.8. The summed E-state index contributed by atoms with van der Waals surface area (Å²) in [5.74, 6) is 0.799. The van der Waals surface area contributed by atoms with Gasteiger partial charge in [0.05, 0.1) is 0 Å². The van der Waals surface area contributed by atoms with Gasteiger partial charge in [-0.05, 0) is 37.5 Å². The molecular formula is C14H22ClN. The van der Waals surface area contributed by atoms with Crippen molar-refractivity contribution in [1.29, 1.82) is 0 Å². The number of unbranched alkanes of at least 4 members (excludes halogenated alkanes) is 3. The fourth-order valence-corrected chi connectivity index (χ4v) is 1.98. The third kappa shape index (κ3) is 4.89. The number of hydrogen-bond donors (Lipinski definition) is 0. The quantitative estimate of drug-likeness (QED) is 0.509. The summed E-state index contributed by atoms with van der Waals surface area (Å²) in [6.07, 6.45) is 4.94. The number of alkyl halides is 1. The summed E-state index contributed by atoms with van der Waals surface area (Å²) in [5, 5.41) is 0. The van der Waals surface area contributed by atoms with E-state index in [9.17, 15) is 0 Å². The van der Waals surface area contributed by atoms with Gasteiger partial charge < -0.3 is 4.90 Å². The highest BCUT2D eigenvalue weighted by atomic mass is 35.5. The Morgan fingerprint density at radius 1 is 1.12 bits per heavy atom. The molecular weight excluding hydrogens is 218 g/mol. The number of aryl methyl sites for hydroxylation is 1. The van der Waals surface area contributed by atoms with E-state index in [4.69, 9.17) is 11.6 Å². The molecule has 1 aromatic rings. The monoisotopic (exact) mass is 239 g/mol. The van der Waals surface area contributed by atoms with Gasteiger partial charge in [0.2, 0.25) is 0 Å². The average Bonchev–Trinajstić information content (AvgIpc) is 2.28. The maximum atomic E-state index is 5.65. The number of halogens is 1. The topological polar surface area (TPSA) is 3.24 Å². The Labute approximate surface area is 104 Å². The lowest BCUT2D eigenvalue weighted by Gasteiger charge is -2.19. The molecule has 0 unspecified atom stereocenters. The minimum Gasteiger partial charge on any atom is -0.375 e. The molecule has 0 saturated carbocycles. The summed E-state index contributed by atoms with van der Waals surface area (Å²) in [7, 11) is 2.16. The molecule has 1 nitrogen and oxygen atoms in total. The van der Waals surface area contributed by atoms with Crippen molar-refractivity contribution in [3.8, 4) is 0 Å². The van der Waals surface area contributed by atoms with E-state index in [1.165, 1.54) is 30.5 Å². The molecule has 90 valence electrons. The van der Waals surface area contributed by atoms with Gasteiger partial charge in [0.15, 0.2) is 0 Å². The van der Waals surface area contributed by atoms with Gasteiger partial charge in [-0.25, -0.2) is 0 Å². The smallest absolute Gasteiger partial charge is 0.0366 e. The second-order valence-corrected chi connectivity index (χ2v) is 4.74. The zero-order valence-electron chi connectivity index (χ0n) is 10.4. The number of rotatable bonds is 7. The summed E-state index contributed by atoms with van der Waals surface area (Å²) in [6.45, 7) is 3.27. The lowest BCUT2D eigenvalue weighted by Crippen LogP contribution is -2.18. The highest BCUT2D eigenvalue weighted by Gasteiger charge is 2.00. The molecule has 0 atom stereocenters. The van der Waals surface area contributed by atoms with Crippen LogP contribution in [0.5, 0.6) is 0 Å². The standard InChI is InChI=1S/C14H22ClN/c1-13-8-7-9-14(12-13)16(2)11-6-4-3-5-10-15/h7-9,12H,3-6,10-11H2,1-2H3. The number of benzene rings is 1. The van der Waals surface area contributed by atoms with Gasteiger partial charge in [-0.1, -0.05) is 25.0 Å². The molecule has 0 aromatic heterocycles. The van der Waals surface area contributed by atoms with Crippen molar-refractivity contribution in [3.63, 3.8) is 0 Å². The molecule has 2 heteroatoms. The highest BCUT2D eigenvalue weighted by Crippen LogP contribution is 2.15. The maximum Gasteiger partial charge on any atom is 0.0366 e. The number of nitrogens with zero attached hydrogens (tertiary/aromatic N) is 1. The Morgan fingerprint density at radius 3 is 2.56 bits per heavy atom. The fourth-order valence-electron chi connectivity index (χ4n) is 1.79. The molecule has 1 aromatic carbocycles. The van der Waals surface area contributed by atoms with Crippen LogP contribution in [0, 0.1) is 6.92 Å². The molecule has 0 aliphatic carbocycles. The van der Waals surface area contributed by atoms with Crippen LogP contribution in [0.15, 0.2) is 24.3 Å². The van der Waals surface area contributed by atoms with E-state index in [1.807, 2.05) is 0 Å². The van der Waals surface area contributed by atoms with Gasteiger partial charge in [0, 0.05) is 25.2 Å². The molecule has 0 radical (unpaired) electrons. The van der Waals surface area contributed by atoms with Crippen LogP contribution >= 0.6 is 11.6 Å². The molecule has 0 saturated heterocycles. The molecule has 0 heterocycles. The summed E-state index contributed by atoms with van der Waals surface area (Å²) < 4.78 is 0. The van der Waals surface area contributed by atoms with Crippen LogP contribution in [0.3, 0.4) is 0 Å². The SMILES string of the molecule is Cc1cccc(N(C)CCCCCCCl)c1. The number of anilines is 1. The van der Waals surface area contributed by atoms with Gasteiger partial charge in [-0.15, -0.1) is 11.6 Å². The molecule has 0 spiro atoms. The highest BCUT2D eigenvalue weighted by molar-refractivity contribution is 6.17. The molecule has 0 amide bonds. The van der Waals surface area contributed by atoms with Crippen molar-refractivity contribution in [3.05, 3.63) is 29.8 Å². The lowest BCUT2D eigenvalue weighted by atomic mass is 10.2. The van der Waals surface area contributed by atoms with E-state index < -0.39 is 0 Å². The Bertz CT molecular complexity index is 299. The zero-order valence-corrected chi connectivity index (χ0v) is 11.1. The van der Waals surface area contributed by atoms with Crippen molar-refractivity contribution in [1.82, 2.24) is 0 Å². The number of hydrogen-bond acceptors (Lipinski definition) is 1. The predicted octanol–water partition coefficient (Wildman–Crippen LogP) is 4.23. The van der Waals surface area contributed by atoms with Crippen LogP contribution < -0.4 is 4.90 Å². The molecule has 1 rings (SSSR count). The Balaban J connectivity index is 2.27. The average molecular weight is 240 g/mol. The summed E-state index contributed by atoms with van der Waals surface area (Å²) in [4.78, 5) is 2.33. The first-order chi connectivity index (χ1) is 7.74. The van der Waals surface area contributed by atoms with Crippen molar-refractivity contribution >= 4 is 17.3 Å². The second kappa shape index (κ2) is 7.56.